The fraction of sp³-hybridized carbons (Fsp3) is 0.667. The number of nitrogens with zero attached hydrogens (tertiary/aromatic N) is 2. The van der Waals surface area contributed by atoms with Crippen molar-refractivity contribution in [3.8, 4) is 17.2 Å². The molecule has 2 saturated heterocycles. The molecule has 1 aromatic rings. The largest absolute Gasteiger partial charge is 0.493 e. The summed E-state index contributed by atoms with van der Waals surface area (Å²) in [7, 11) is 4.84. The maximum atomic E-state index is 5.97. The van der Waals surface area contributed by atoms with Gasteiger partial charge in [-0.25, -0.2) is 4.99 Å². The highest BCUT2D eigenvalue weighted by Gasteiger charge is 2.32. The zero-order valence-corrected chi connectivity index (χ0v) is 17.9. The Morgan fingerprint density at radius 2 is 1.83 bits per heavy atom. The second-order valence-electron chi connectivity index (χ2n) is 7.11. The molecule has 0 aliphatic carbocycles. The lowest BCUT2D eigenvalue weighted by Gasteiger charge is -2.37. The summed E-state index contributed by atoms with van der Waals surface area (Å²) in [6, 6.07) is 3.87. The lowest BCUT2D eigenvalue weighted by atomic mass is 10.1. The summed E-state index contributed by atoms with van der Waals surface area (Å²) in [6.45, 7) is 6.49. The van der Waals surface area contributed by atoms with E-state index >= 15 is 0 Å². The number of rotatable bonds is 7. The second kappa shape index (κ2) is 10.5. The van der Waals surface area contributed by atoms with Crippen LogP contribution >= 0.6 is 0 Å². The number of hydrogen-bond donors (Lipinski definition) is 1. The van der Waals surface area contributed by atoms with E-state index in [9.17, 15) is 0 Å². The first-order chi connectivity index (χ1) is 14.2. The number of benzene rings is 1. The molecular formula is C21H33N3O5. The van der Waals surface area contributed by atoms with Crippen molar-refractivity contribution in [1.82, 2.24) is 10.2 Å². The van der Waals surface area contributed by atoms with Crippen LogP contribution in [0.25, 0.3) is 0 Å². The summed E-state index contributed by atoms with van der Waals surface area (Å²) >= 11 is 0. The van der Waals surface area contributed by atoms with Crippen LogP contribution in [0.3, 0.4) is 0 Å². The monoisotopic (exact) mass is 407 g/mol. The average Bonchev–Trinajstić information content (AvgIpc) is 3.31. The van der Waals surface area contributed by atoms with Gasteiger partial charge < -0.3 is 33.9 Å². The molecule has 0 saturated carbocycles. The number of nitrogens with one attached hydrogen (secondary N) is 1. The van der Waals surface area contributed by atoms with E-state index in [2.05, 4.69) is 17.1 Å². The van der Waals surface area contributed by atoms with Crippen molar-refractivity contribution in [2.24, 2.45) is 4.99 Å². The van der Waals surface area contributed by atoms with Crippen LogP contribution in [-0.4, -0.2) is 77.2 Å². The number of guanidine groups is 1. The highest BCUT2D eigenvalue weighted by atomic mass is 16.5. The summed E-state index contributed by atoms with van der Waals surface area (Å²) in [5.41, 5.74) is 0.985. The lowest BCUT2D eigenvalue weighted by Crippen LogP contribution is -2.53. The molecular weight excluding hydrogens is 374 g/mol. The highest BCUT2D eigenvalue weighted by molar-refractivity contribution is 5.80. The Balaban J connectivity index is 1.75. The Labute approximate surface area is 173 Å². The van der Waals surface area contributed by atoms with Gasteiger partial charge in [0.2, 0.25) is 5.75 Å². The first-order valence-corrected chi connectivity index (χ1v) is 10.3. The predicted octanol–water partition coefficient (Wildman–Crippen LogP) is 2.06. The van der Waals surface area contributed by atoms with Crippen LogP contribution in [0.2, 0.25) is 0 Å². The van der Waals surface area contributed by atoms with Crippen molar-refractivity contribution < 1.29 is 23.7 Å². The van der Waals surface area contributed by atoms with E-state index in [0.717, 1.165) is 50.6 Å². The number of morpholine rings is 1. The minimum atomic E-state index is 0.0938. The van der Waals surface area contributed by atoms with E-state index in [1.54, 1.807) is 21.3 Å². The topological polar surface area (TPSA) is 73.8 Å². The minimum absolute atomic E-state index is 0.0938. The van der Waals surface area contributed by atoms with Gasteiger partial charge in [-0.05, 0) is 37.5 Å². The summed E-state index contributed by atoms with van der Waals surface area (Å²) < 4.78 is 28.1. The molecule has 2 aliphatic heterocycles. The molecule has 0 aromatic heterocycles. The summed E-state index contributed by atoms with van der Waals surface area (Å²) in [4.78, 5) is 7.12. The van der Waals surface area contributed by atoms with Crippen LogP contribution in [-0.2, 0) is 16.0 Å². The van der Waals surface area contributed by atoms with Crippen molar-refractivity contribution in [3.05, 3.63) is 17.7 Å². The first kappa shape index (κ1) is 21.5. The number of hydrogen-bond acceptors (Lipinski definition) is 6. The van der Waals surface area contributed by atoms with E-state index in [4.69, 9.17) is 28.7 Å². The number of aliphatic imine (C=N–C) groups is 1. The third kappa shape index (κ3) is 5.25. The molecule has 29 heavy (non-hydrogen) atoms. The molecule has 0 radical (unpaired) electrons. The molecule has 0 bridgehead atoms. The summed E-state index contributed by atoms with van der Waals surface area (Å²) in [5.74, 6) is 2.73. The lowest BCUT2D eigenvalue weighted by molar-refractivity contribution is -0.0817. The van der Waals surface area contributed by atoms with Crippen molar-refractivity contribution in [1.29, 1.82) is 0 Å². The van der Waals surface area contributed by atoms with Gasteiger partial charge in [0, 0.05) is 26.2 Å². The molecule has 0 spiro atoms. The van der Waals surface area contributed by atoms with Gasteiger partial charge in [-0.15, -0.1) is 0 Å². The fourth-order valence-corrected chi connectivity index (χ4v) is 3.81. The quantitative estimate of drug-likeness (QED) is 0.548. The Morgan fingerprint density at radius 1 is 1.10 bits per heavy atom. The second-order valence-corrected chi connectivity index (χ2v) is 7.11. The van der Waals surface area contributed by atoms with E-state index in [1.165, 1.54) is 0 Å². The van der Waals surface area contributed by atoms with Gasteiger partial charge >= 0.3 is 0 Å². The molecule has 0 amide bonds. The molecule has 8 heteroatoms. The molecule has 1 aromatic carbocycles. The zero-order valence-electron chi connectivity index (χ0n) is 17.9. The standard InChI is InChI=1S/C21H33N3O5/c1-5-22-21(24-8-10-29-19(14-24)16-7-6-9-28-16)23-13-15-11-17(25-2)20(27-4)18(12-15)26-3/h11-12,16,19H,5-10,13-14H2,1-4H3,(H,22,23). The van der Waals surface area contributed by atoms with Crippen LogP contribution in [0, 0.1) is 0 Å². The molecule has 2 unspecified atom stereocenters. The van der Waals surface area contributed by atoms with Gasteiger partial charge in [-0.2, -0.15) is 0 Å². The Kier molecular flexibility index (Phi) is 7.83. The Hall–Kier alpha value is -2.19. The van der Waals surface area contributed by atoms with Crippen LogP contribution in [0.15, 0.2) is 17.1 Å². The molecule has 2 fully saturated rings. The molecule has 2 aliphatic rings. The van der Waals surface area contributed by atoms with E-state index < -0.39 is 0 Å². The molecule has 2 atom stereocenters. The van der Waals surface area contributed by atoms with Gasteiger partial charge in [0.25, 0.3) is 0 Å². The van der Waals surface area contributed by atoms with Gasteiger partial charge in [0.15, 0.2) is 17.5 Å². The summed E-state index contributed by atoms with van der Waals surface area (Å²) in [5, 5.41) is 3.41. The maximum absolute atomic E-state index is 5.97. The van der Waals surface area contributed by atoms with Crippen molar-refractivity contribution in [3.63, 3.8) is 0 Å². The highest BCUT2D eigenvalue weighted by Crippen LogP contribution is 2.38. The van der Waals surface area contributed by atoms with Gasteiger partial charge in [-0.1, -0.05) is 0 Å². The maximum Gasteiger partial charge on any atom is 0.203 e. The Bertz CT molecular complexity index is 666. The SMILES string of the molecule is CCNC(=NCc1cc(OC)c(OC)c(OC)c1)N1CCOC(C2CCCO2)C1. The minimum Gasteiger partial charge on any atom is -0.493 e. The van der Waals surface area contributed by atoms with Gasteiger partial charge in [-0.3, -0.25) is 0 Å². The van der Waals surface area contributed by atoms with E-state index in [-0.39, 0.29) is 12.2 Å². The van der Waals surface area contributed by atoms with Crippen molar-refractivity contribution >= 4 is 5.96 Å². The molecule has 162 valence electrons. The van der Waals surface area contributed by atoms with Crippen LogP contribution < -0.4 is 19.5 Å². The normalized spacial score (nSPS) is 22.5. The zero-order chi connectivity index (χ0) is 20.6. The summed E-state index contributed by atoms with van der Waals surface area (Å²) in [6.07, 6.45) is 2.46. The van der Waals surface area contributed by atoms with Crippen LogP contribution in [0.5, 0.6) is 17.2 Å². The molecule has 2 heterocycles. The van der Waals surface area contributed by atoms with Crippen molar-refractivity contribution in [2.45, 2.75) is 38.5 Å². The van der Waals surface area contributed by atoms with E-state index in [0.29, 0.717) is 30.4 Å². The van der Waals surface area contributed by atoms with Gasteiger partial charge in [0.05, 0.1) is 40.6 Å². The third-order valence-electron chi connectivity index (χ3n) is 5.24. The Morgan fingerprint density at radius 3 is 2.41 bits per heavy atom. The predicted molar refractivity (Wildman–Crippen MR) is 111 cm³/mol. The third-order valence-corrected chi connectivity index (χ3v) is 5.24. The molecule has 8 nitrogen and oxygen atoms in total. The number of ether oxygens (including phenoxy) is 5. The van der Waals surface area contributed by atoms with Crippen LogP contribution in [0.4, 0.5) is 0 Å². The van der Waals surface area contributed by atoms with E-state index in [1.807, 2.05) is 12.1 Å². The average molecular weight is 408 g/mol. The first-order valence-electron chi connectivity index (χ1n) is 10.3. The molecule has 3 rings (SSSR count). The van der Waals surface area contributed by atoms with Crippen molar-refractivity contribution in [2.75, 3.05) is 54.2 Å². The van der Waals surface area contributed by atoms with Crippen LogP contribution in [0.1, 0.15) is 25.3 Å². The fourth-order valence-electron chi connectivity index (χ4n) is 3.81. The molecule has 1 N–H and O–H groups in total. The smallest absolute Gasteiger partial charge is 0.203 e. The number of methoxy groups -OCH3 is 3. The van der Waals surface area contributed by atoms with Gasteiger partial charge in [0.1, 0.15) is 6.10 Å².